The van der Waals surface area contributed by atoms with Crippen LogP contribution in [0.1, 0.15) is 18.4 Å². The van der Waals surface area contributed by atoms with E-state index in [9.17, 15) is 9.50 Å². The Balaban J connectivity index is 1.54. The van der Waals surface area contributed by atoms with E-state index < -0.39 is 0 Å². The summed E-state index contributed by atoms with van der Waals surface area (Å²) >= 11 is 0. The van der Waals surface area contributed by atoms with Crippen molar-refractivity contribution in [3.63, 3.8) is 0 Å². The highest BCUT2D eigenvalue weighted by Gasteiger charge is 2.33. The van der Waals surface area contributed by atoms with Crippen molar-refractivity contribution in [2.24, 2.45) is 5.41 Å². The highest BCUT2D eigenvalue weighted by molar-refractivity contribution is 5.49. The van der Waals surface area contributed by atoms with Gasteiger partial charge in [-0.05, 0) is 30.5 Å². The van der Waals surface area contributed by atoms with E-state index in [-0.39, 0.29) is 17.8 Å². The number of hydrogen-bond donors (Lipinski definition) is 2. The highest BCUT2D eigenvalue weighted by atomic mass is 19.1. The first kappa shape index (κ1) is 17.6. The Morgan fingerprint density at radius 2 is 2.04 bits per heavy atom. The van der Waals surface area contributed by atoms with E-state index in [4.69, 9.17) is 9.47 Å². The molecule has 6 heteroatoms. The van der Waals surface area contributed by atoms with Crippen molar-refractivity contribution in [1.82, 2.24) is 5.32 Å². The molecule has 2 N–H and O–H groups in total. The van der Waals surface area contributed by atoms with E-state index in [1.165, 1.54) is 0 Å². The lowest BCUT2D eigenvalue weighted by atomic mass is 9.84. The van der Waals surface area contributed by atoms with Crippen molar-refractivity contribution in [3.05, 3.63) is 29.6 Å². The van der Waals surface area contributed by atoms with Gasteiger partial charge in [0.1, 0.15) is 5.82 Å². The van der Waals surface area contributed by atoms with Crippen molar-refractivity contribution in [2.45, 2.75) is 19.4 Å². The Labute approximate surface area is 142 Å². The monoisotopic (exact) mass is 338 g/mol. The van der Waals surface area contributed by atoms with E-state index in [2.05, 4.69) is 5.32 Å². The van der Waals surface area contributed by atoms with Crippen LogP contribution in [0, 0.1) is 11.2 Å². The van der Waals surface area contributed by atoms with Crippen LogP contribution >= 0.6 is 0 Å². The first-order valence-corrected chi connectivity index (χ1v) is 8.73. The summed E-state index contributed by atoms with van der Waals surface area (Å²) in [5, 5.41) is 12.7. The third-order valence-electron chi connectivity index (χ3n) is 5.02. The van der Waals surface area contributed by atoms with Crippen LogP contribution < -0.4 is 10.2 Å². The van der Waals surface area contributed by atoms with E-state index in [1.807, 2.05) is 17.0 Å². The number of ether oxygens (including phenoxy) is 2. The minimum atomic E-state index is -0.175. The van der Waals surface area contributed by atoms with Gasteiger partial charge in [-0.1, -0.05) is 6.07 Å². The zero-order valence-electron chi connectivity index (χ0n) is 14.1. The van der Waals surface area contributed by atoms with Gasteiger partial charge in [0.05, 0.1) is 25.5 Å². The van der Waals surface area contributed by atoms with Crippen molar-refractivity contribution in [1.29, 1.82) is 0 Å². The molecule has 0 aliphatic carbocycles. The van der Waals surface area contributed by atoms with Crippen LogP contribution in [0.4, 0.5) is 10.1 Å². The van der Waals surface area contributed by atoms with E-state index in [0.717, 1.165) is 44.6 Å². The number of hydrogen-bond acceptors (Lipinski definition) is 5. The molecule has 1 aromatic carbocycles. The molecular formula is C18H27FN2O3. The molecule has 0 spiro atoms. The summed E-state index contributed by atoms with van der Waals surface area (Å²) in [6.45, 7) is 5.78. The van der Waals surface area contributed by atoms with Crippen LogP contribution in [0.3, 0.4) is 0 Å². The lowest BCUT2D eigenvalue weighted by molar-refractivity contribution is 0.122. The number of nitrogens with zero attached hydrogens (tertiary/aromatic N) is 1. The summed E-state index contributed by atoms with van der Waals surface area (Å²) < 4.78 is 25.2. The molecule has 1 atom stereocenters. The molecular weight excluding hydrogens is 311 g/mol. The van der Waals surface area contributed by atoms with Gasteiger partial charge in [-0.2, -0.15) is 0 Å². The maximum Gasteiger partial charge on any atom is 0.146 e. The lowest BCUT2D eigenvalue weighted by Gasteiger charge is -2.29. The highest BCUT2D eigenvalue weighted by Crippen LogP contribution is 2.31. The van der Waals surface area contributed by atoms with E-state index in [0.29, 0.717) is 32.1 Å². The molecule has 2 aliphatic rings. The van der Waals surface area contributed by atoms with E-state index >= 15 is 0 Å². The fraction of sp³-hybridized carbons (Fsp3) is 0.667. The molecule has 1 unspecified atom stereocenters. The third kappa shape index (κ3) is 4.25. The van der Waals surface area contributed by atoms with Crippen LogP contribution in [0.2, 0.25) is 0 Å². The first-order chi connectivity index (χ1) is 11.7. The standard InChI is InChI=1S/C18H27FN2O3/c19-16-11-15(1-2-17(16)21-5-9-23-10-6-21)12-20-13-18(3-7-22)4-8-24-14-18/h1-2,11,20,22H,3-10,12-14H2. The molecule has 0 radical (unpaired) electrons. The molecule has 134 valence electrons. The average molecular weight is 338 g/mol. The molecule has 24 heavy (non-hydrogen) atoms. The van der Waals surface area contributed by atoms with Crippen molar-refractivity contribution >= 4 is 5.69 Å². The number of anilines is 1. The molecule has 2 heterocycles. The number of rotatable bonds is 7. The van der Waals surface area contributed by atoms with Gasteiger partial charge in [-0.25, -0.2) is 4.39 Å². The van der Waals surface area contributed by atoms with Crippen LogP contribution in [-0.2, 0) is 16.0 Å². The van der Waals surface area contributed by atoms with Gasteiger partial charge in [0, 0.05) is 44.8 Å². The quantitative estimate of drug-likeness (QED) is 0.790. The van der Waals surface area contributed by atoms with Gasteiger partial charge in [0.15, 0.2) is 0 Å². The van der Waals surface area contributed by atoms with Crippen molar-refractivity contribution < 1.29 is 19.0 Å². The number of aliphatic hydroxyl groups excluding tert-OH is 1. The summed E-state index contributed by atoms with van der Waals surface area (Å²) in [4.78, 5) is 2.03. The van der Waals surface area contributed by atoms with Crippen LogP contribution in [0.25, 0.3) is 0 Å². The second-order valence-electron chi connectivity index (χ2n) is 6.76. The normalized spacial score (nSPS) is 24.5. The zero-order valence-corrected chi connectivity index (χ0v) is 14.1. The Morgan fingerprint density at radius 1 is 1.21 bits per heavy atom. The van der Waals surface area contributed by atoms with Gasteiger partial charge in [-0.15, -0.1) is 0 Å². The van der Waals surface area contributed by atoms with Gasteiger partial charge in [-0.3, -0.25) is 0 Å². The third-order valence-corrected chi connectivity index (χ3v) is 5.02. The predicted molar refractivity (Wildman–Crippen MR) is 90.7 cm³/mol. The number of morpholine rings is 1. The molecule has 0 amide bonds. The van der Waals surface area contributed by atoms with Crippen molar-refractivity contribution in [3.8, 4) is 0 Å². The maximum atomic E-state index is 14.4. The maximum absolute atomic E-state index is 14.4. The first-order valence-electron chi connectivity index (χ1n) is 8.73. The molecule has 5 nitrogen and oxygen atoms in total. The molecule has 0 aromatic heterocycles. The zero-order chi connectivity index (χ0) is 16.8. The predicted octanol–water partition coefficient (Wildman–Crippen LogP) is 1.54. The summed E-state index contributed by atoms with van der Waals surface area (Å²) in [6.07, 6.45) is 1.70. The second kappa shape index (κ2) is 8.25. The largest absolute Gasteiger partial charge is 0.396 e. The van der Waals surface area contributed by atoms with Crippen molar-refractivity contribution in [2.75, 3.05) is 57.6 Å². The second-order valence-corrected chi connectivity index (χ2v) is 6.76. The summed E-state index contributed by atoms with van der Waals surface area (Å²) in [5.41, 5.74) is 1.60. The molecule has 1 aromatic rings. The smallest absolute Gasteiger partial charge is 0.146 e. The number of halogens is 1. The molecule has 2 fully saturated rings. The topological polar surface area (TPSA) is 54.0 Å². The molecule has 2 saturated heterocycles. The molecule has 0 bridgehead atoms. The van der Waals surface area contributed by atoms with Gasteiger partial charge in [0.2, 0.25) is 0 Å². The Morgan fingerprint density at radius 3 is 2.71 bits per heavy atom. The number of aliphatic hydroxyl groups is 1. The number of nitrogens with one attached hydrogen (secondary N) is 1. The fourth-order valence-electron chi connectivity index (χ4n) is 3.50. The Bertz CT molecular complexity index is 529. The lowest BCUT2D eigenvalue weighted by Crippen LogP contribution is -2.37. The fourth-order valence-corrected chi connectivity index (χ4v) is 3.50. The summed E-state index contributed by atoms with van der Waals surface area (Å²) in [6, 6.07) is 5.45. The summed E-state index contributed by atoms with van der Waals surface area (Å²) in [5.74, 6) is -0.175. The average Bonchev–Trinajstić information content (AvgIpc) is 3.05. The van der Waals surface area contributed by atoms with Crippen LogP contribution in [0.5, 0.6) is 0 Å². The number of benzene rings is 1. The minimum Gasteiger partial charge on any atom is -0.396 e. The van der Waals surface area contributed by atoms with Gasteiger partial charge in [0.25, 0.3) is 0 Å². The molecule has 0 saturated carbocycles. The molecule has 3 rings (SSSR count). The van der Waals surface area contributed by atoms with Crippen LogP contribution in [-0.4, -0.2) is 57.8 Å². The van der Waals surface area contributed by atoms with E-state index in [1.54, 1.807) is 6.07 Å². The Hall–Kier alpha value is -1.21. The molecule has 2 aliphatic heterocycles. The van der Waals surface area contributed by atoms with Gasteiger partial charge >= 0.3 is 0 Å². The minimum absolute atomic E-state index is 0.0149. The van der Waals surface area contributed by atoms with Gasteiger partial charge < -0.3 is 24.8 Å². The Kier molecular flexibility index (Phi) is 6.05. The SMILES string of the molecule is OCCC1(CNCc2ccc(N3CCOCC3)c(F)c2)CCOC1. The van der Waals surface area contributed by atoms with Crippen LogP contribution in [0.15, 0.2) is 18.2 Å². The summed E-state index contributed by atoms with van der Waals surface area (Å²) in [7, 11) is 0.